The van der Waals surface area contributed by atoms with Gasteiger partial charge in [0.05, 0.1) is 16.9 Å². The van der Waals surface area contributed by atoms with Gasteiger partial charge in [-0.2, -0.15) is 0 Å². The number of anilines is 1. The maximum Gasteiger partial charge on any atom is 0.282 e. The Kier molecular flexibility index (Phi) is 3.96. The van der Waals surface area contributed by atoms with Crippen LogP contribution >= 0.6 is 22.6 Å². The van der Waals surface area contributed by atoms with Crippen LogP contribution in [-0.4, -0.2) is 16.8 Å². The molecule has 0 bridgehead atoms. The molecule has 1 aromatic heterocycles. The highest BCUT2D eigenvalue weighted by Crippen LogP contribution is 2.22. The zero-order chi connectivity index (χ0) is 17.4. The van der Waals surface area contributed by atoms with Crippen LogP contribution in [0.4, 0.5) is 5.69 Å². The van der Waals surface area contributed by atoms with Crippen molar-refractivity contribution in [1.29, 1.82) is 0 Å². The van der Waals surface area contributed by atoms with Gasteiger partial charge in [0.1, 0.15) is 5.57 Å². The largest absolute Gasteiger partial charge is 0.282 e. The van der Waals surface area contributed by atoms with Crippen molar-refractivity contribution < 1.29 is 9.59 Å². The molecule has 4 rings (SSSR count). The summed E-state index contributed by atoms with van der Waals surface area (Å²) in [7, 11) is 0. The van der Waals surface area contributed by atoms with Crippen molar-refractivity contribution in [2.24, 2.45) is 0 Å². The molecular formula is C19H12IN3O2. The Bertz CT molecular complexity index is 1030. The molecule has 6 heteroatoms. The lowest BCUT2D eigenvalue weighted by Gasteiger charge is -2.14. The van der Waals surface area contributed by atoms with Crippen LogP contribution in [0.3, 0.4) is 0 Å². The summed E-state index contributed by atoms with van der Waals surface area (Å²) in [6.45, 7) is 0. The number of benzene rings is 2. The lowest BCUT2D eigenvalue weighted by Crippen LogP contribution is -2.35. The number of hydrazine groups is 1. The number of pyridine rings is 1. The molecule has 2 heterocycles. The molecule has 1 aliphatic rings. The average Bonchev–Trinajstić information content (AvgIpc) is 2.90. The predicted molar refractivity (Wildman–Crippen MR) is 105 cm³/mol. The molecule has 2 amide bonds. The average molecular weight is 441 g/mol. The van der Waals surface area contributed by atoms with Crippen molar-refractivity contribution in [2.45, 2.75) is 0 Å². The summed E-state index contributed by atoms with van der Waals surface area (Å²) >= 11 is 2.18. The Hall–Kier alpha value is -2.74. The van der Waals surface area contributed by atoms with E-state index in [1.807, 2.05) is 42.5 Å². The second-order valence-electron chi connectivity index (χ2n) is 5.54. The first kappa shape index (κ1) is 15.8. The Balaban J connectivity index is 1.69. The van der Waals surface area contributed by atoms with Crippen LogP contribution in [0.2, 0.25) is 0 Å². The van der Waals surface area contributed by atoms with E-state index in [0.717, 1.165) is 14.5 Å². The number of rotatable bonds is 2. The van der Waals surface area contributed by atoms with Gasteiger partial charge in [0.2, 0.25) is 0 Å². The highest BCUT2D eigenvalue weighted by Gasteiger charge is 2.34. The summed E-state index contributed by atoms with van der Waals surface area (Å²) in [6.07, 6.45) is 1.52. The maximum absolute atomic E-state index is 12.6. The van der Waals surface area contributed by atoms with Crippen LogP contribution in [0.25, 0.3) is 17.0 Å². The number of carbonyl (C=O) groups is 2. The normalized spacial score (nSPS) is 15.9. The van der Waals surface area contributed by atoms with E-state index in [4.69, 9.17) is 0 Å². The topological polar surface area (TPSA) is 62.3 Å². The van der Waals surface area contributed by atoms with Gasteiger partial charge in [-0.1, -0.05) is 24.3 Å². The van der Waals surface area contributed by atoms with E-state index in [2.05, 4.69) is 33.0 Å². The lowest BCUT2D eigenvalue weighted by molar-refractivity contribution is -0.117. The van der Waals surface area contributed by atoms with Gasteiger partial charge in [0, 0.05) is 8.96 Å². The molecule has 3 aromatic rings. The highest BCUT2D eigenvalue weighted by atomic mass is 127. The van der Waals surface area contributed by atoms with E-state index >= 15 is 0 Å². The molecule has 1 aliphatic heterocycles. The van der Waals surface area contributed by atoms with Gasteiger partial charge in [-0.05, 0) is 65.1 Å². The Morgan fingerprint density at radius 2 is 1.72 bits per heavy atom. The van der Waals surface area contributed by atoms with Crippen LogP contribution in [0.15, 0.2) is 66.2 Å². The number of hydrogen-bond acceptors (Lipinski definition) is 3. The van der Waals surface area contributed by atoms with Crippen molar-refractivity contribution in [3.8, 4) is 0 Å². The molecule has 1 saturated heterocycles. The van der Waals surface area contributed by atoms with Crippen molar-refractivity contribution in [1.82, 2.24) is 10.4 Å². The smallest absolute Gasteiger partial charge is 0.267 e. The van der Waals surface area contributed by atoms with Crippen LogP contribution in [0, 0.1) is 3.57 Å². The lowest BCUT2D eigenvalue weighted by atomic mass is 10.1. The third-order valence-electron chi connectivity index (χ3n) is 3.89. The van der Waals surface area contributed by atoms with Gasteiger partial charge in [0.25, 0.3) is 11.8 Å². The summed E-state index contributed by atoms with van der Waals surface area (Å²) in [6, 6.07) is 18.7. The van der Waals surface area contributed by atoms with Gasteiger partial charge >= 0.3 is 0 Å². The second-order valence-corrected chi connectivity index (χ2v) is 6.79. The van der Waals surface area contributed by atoms with Gasteiger partial charge in [0.15, 0.2) is 0 Å². The molecule has 0 radical (unpaired) electrons. The van der Waals surface area contributed by atoms with Gasteiger partial charge in [-0.3, -0.25) is 15.0 Å². The summed E-state index contributed by atoms with van der Waals surface area (Å²) < 4.78 is 1.05. The van der Waals surface area contributed by atoms with E-state index in [0.29, 0.717) is 11.4 Å². The van der Waals surface area contributed by atoms with Gasteiger partial charge in [-0.15, -0.1) is 0 Å². The fourth-order valence-electron chi connectivity index (χ4n) is 2.64. The number of nitrogens with zero attached hydrogens (tertiary/aromatic N) is 2. The van der Waals surface area contributed by atoms with E-state index < -0.39 is 5.91 Å². The van der Waals surface area contributed by atoms with E-state index in [9.17, 15) is 9.59 Å². The molecule has 0 aliphatic carbocycles. The van der Waals surface area contributed by atoms with Crippen molar-refractivity contribution in [2.75, 3.05) is 5.01 Å². The number of halogens is 1. The quantitative estimate of drug-likeness (QED) is 0.377. The molecule has 0 atom stereocenters. The van der Waals surface area contributed by atoms with Crippen molar-refractivity contribution >= 4 is 57.1 Å². The van der Waals surface area contributed by atoms with Gasteiger partial charge in [-0.25, -0.2) is 9.99 Å². The molecular weight excluding hydrogens is 429 g/mol. The molecule has 122 valence electrons. The molecule has 5 nitrogen and oxygen atoms in total. The van der Waals surface area contributed by atoms with E-state index in [1.54, 1.807) is 18.2 Å². The minimum absolute atomic E-state index is 0.0707. The highest BCUT2D eigenvalue weighted by molar-refractivity contribution is 14.1. The molecule has 1 fully saturated rings. The predicted octanol–water partition coefficient (Wildman–Crippen LogP) is 3.30. The minimum Gasteiger partial charge on any atom is -0.267 e. The second kappa shape index (κ2) is 6.29. The third-order valence-corrected chi connectivity index (χ3v) is 4.61. The van der Waals surface area contributed by atoms with Crippen LogP contribution < -0.4 is 10.4 Å². The number of nitrogens with one attached hydrogen (secondary N) is 1. The first-order valence-electron chi connectivity index (χ1n) is 7.60. The molecule has 25 heavy (non-hydrogen) atoms. The summed E-state index contributed by atoms with van der Waals surface area (Å²) in [4.78, 5) is 29.3. The first-order chi connectivity index (χ1) is 12.1. The molecule has 0 spiro atoms. The number of fused-ring (bicyclic) bond motifs is 1. The summed E-state index contributed by atoms with van der Waals surface area (Å²) in [5, 5.41) is 2.26. The fourth-order valence-corrected chi connectivity index (χ4v) is 3.00. The monoisotopic (exact) mass is 441 g/mol. The van der Waals surface area contributed by atoms with Gasteiger partial charge < -0.3 is 0 Å². The summed E-state index contributed by atoms with van der Waals surface area (Å²) in [5.74, 6) is -0.820. The molecule has 1 N–H and O–H groups in total. The number of para-hydroxylation sites is 1. The number of hydrogen-bond donors (Lipinski definition) is 1. The zero-order valence-corrected chi connectivity index (χ0v) is 15.1. The van der Waals surface area contributed by atoms with E-state index in [-0.39, 0.29) is 11.5 Å². The zero-order valence-electron chi connectivity index (χ0n) is 12.9. The molecule has 0 unspecified atom stereocenters. The molecule has 2 aromatic carbocycles. The molecule has 0 saturated carbocycles. The van der Waals surface area contributed by atoms with Crippen LogP contribution in [0.1, 0.15) is 5.69 Å². The minimum atomic E-state index is -0.432. The standard InChI is InChI=1S/C19H12IN3O2/c20-13-6-9-15(10-7-13)23-19(25)16(18(24)22-23)11-14-8-5-12-3-1-2-4-17(12)21-14/h1-11H,(H,22,24)/b16-11+. The van der Waals surface area contributed by atoms with Crippen LogP contribution in [-0.2, 0) is 9.59 Å². The fraction of sp³-hybridized carbons (Fsp3) is 0. The number of aromatic nitrogens is 1. The number of amides is 2. The SMILES string of the molecule is O=C1NN(c2ccc(I)cc2)C(=O)/C1=C/c1ccc2ccccc2n1. The Labute approximate surface area is 157 Å². The Morgan fingerprint density at radius 3 is 2.52 bits per heavy atom. The summed E-state index contributed by atoms with van der Waals surface area (Å²) in [5.41, 5.74) is 4.67. The maximum atomic E-state index is 12.6. The van der Waals surface area contributed by atoms with Crippen molar-refractivity contribution in [3.05, 3.63) is 75.5 Å². The number of carbonyl (C=O) groups excluding carboxylic acids is 2. The third kappa shape index (κ3) is 3.00. The van der Waals surface area contributed by atoms with Crippen molar-refractivity contribution in [3.63, 3.8) is 0 Å². The van der Waals surface area contributed by atoms with E-state index in [1.165, 1.54) is 11.1 Å². The van der Waals surface area contributed by atoms with Crippen LogP contribution in [0.5, 0.6) is 0 Å². The Morgan fingerprint density at radius 1 is 0.960 bits per heavy atom. The first-order valence-corrected chi connectivity index (χ1v) is 8.68.